The molecule has 2 N–H and O–H groups in total. The van der Waals surface area contributed by atoms with Crippen LogP contribution in [0.5, 0.6) is 0 Å². The van der Waals surface area contributed by atoms with Crippen LogP contribution < -0.4 is 10.0 Å². The number of hydrogen-bond acceptors (Lipinski definition) is 6. The summed E-state index contributed by atoms with van der Waals surface area (Å²) in [5.74, 6) is -1.60. The number of benzene rings is 3. The van der Waals surface area contributed by atoms with Crippen LogP contribution in [0.25, 0.3) is 10.8 Å². The summed E-state index contributed by atoms with van der Waals surface area (Å²) in [5, 5.41) is 4.86. The summed E-state index contributed by atoms with van der Waals surface area (Å²) >= 11 is 0. The zero-order chi connectivity index (χ0) is 23.4. The number of aryl methyl sites for hydroxylation is 1. The third kappa shape index (κ3) is 5.47. The molecule has 0 radical (unpaired) electrons. The Bertz CT molecular complexity index is 1260. The molecule has 2 atom stereocenters. The van der Waals surface area contributed by atoms with E-state index in [2.05, 4.69) is 10.0 Å². The molecule has 0 spiro atoms. The highest BCUT2D eigenvalue weighted by Crippen LogP contribution is 2.21. The molecule has 1 heterocycles. The maximum Gasteiger partial charge on any atom is 0.332 e. The molecule has 33 heavy (non-hydrogen) atoms. The highest BCUT2D eigenvalue weighted by molar-refractivity contribution is 7.89. The molecule has 0 bridgehead atoms. The van der Waals surface area contributed by atoms with Crippen molar-refractivity contribution in [3.05, 3.63) is 77.9 Å². The minimum Gasteiger partial charge on any atom is -0.391 e. The van der Waals surface area contributed by atoms with E-state index in [0.717, 1.165) is 28.3 Å². The van der Waals surface area contributed by atoms with Crippen LogP contribution in [0.1, 0.15) is 24.0 Å². The first-order chi connectivity index (χ1) is 15.8. The maximum atomic E-state index is 13.0. The summed E-state index contributed by atoms with van der Waals surface area (Å²) in [6.07, 6.45) is 1.43. The van der Waals surface area contributed by atoms with Crippen LogP contribution in [0.15, 0.2) is 71.6 Å². The number of rotatable bonds is 7. The van der Waals surface area contributed by atoms with Gasteiger partial charge < -0.3 is 10.1 Å². The Balaban J connectivity index is 1.62. The summed E-state index contributed by atoms with van der Waals surface area (Å²) in [5.41, 5.74) is 1.68. The summed E-state index contributed by atoms with van der Waals surface area (Å²) in [7, 11) is -4.03. The molecule has 3 aromatic rings. The molecule has 1 saturated heterocycles. The molecular weight excluding hydrogens is 440 g/mol. The van der Waals surface area contributed by atoms with Gasteiger partial charge in [0, 0.05) is 6.42 Å². The van der Waals surface area contributed by atoms with E-state index >= 15 is 0 Å². The molecule has 172 valence electrons. The fraction of sp³-hybridized carbons (Fsp3) is 0.280. The average Bonchev–Trinajstić information content (AvgIpc) is 3.34. The van der Waals surface area contributed by atoms with Gasteiger partial charge in [0.2, 0.25) is 10.0 Å². The van der Waals surface area contributed by atoms with Gasteiger partial charge in [-0.1, -0.05) is 60.2 Å². The molecule has 1 aliphatic rings. The first-order valence-electron chi connectivity index (χ1n) is 10.9. The molecule has 1 fully saturated rings. The smallest absolute Gasteiger partial charge is 0.332 e. The highest BCUT2D eigenvalue weighted by Gasteiger charge is 2.32. The van der Waals surface area contributed by atoms with Crippen LogP contribution in [-0.2, 0) is 30.8 Å². The zero-order valence-corrected chi connectivity index (χ0v) is 19.1. The van der Waals surface area contributed by atoms with Gasteiger partial charge in [0.15, 0.2) is 0 Å². The second kappa shape index (κ2) is 9.82. The normalized spacial score (nSPS) is 17.1. The Morgan fingerprint density at radius 1 is 1.06 bits per heavy atom. The number of ether oxygens (including phenoxy) is 1. The molecule has 1 aliphatic heterocycles. The topological polar surface area (TPSA) is 102 Å². The van der Waals surface area contributed by atoms with Crippen molar-refractivity contribution in [1.29, 1.82) is 0 Å². The van der Waals surface area contributed by atoms with Gasteiger partial charge in [0.25, 0.3) is 0 Å². The largest absolute Gasteiger partial charge is 0.391 e. The van der Waals surface area contributed by atoms with Gasteiger partial charge in [-0.2, -0.15) is 4.72 Å². The minimum atomic E-state index is -4.03. The van der Waals surface area contributed by atoms with Crippen molar-refractivity contribution >= 4 is 32.7 Å². The first-order valence-corrected chi connectivity index (χ1v) is 12.4. The quantitative estimate of drug-likeness (QED) is 0.410. The Kier molecular flexibility index (Phi) is 6.88. The van der Waals surface area contributed by atoms with E-state index in [1.165, 1.54) is 12.1 Å². The van der Waals surface area contributed by atoms with Crippen molar-refractivity contribution in [2.24, 2.45) is 0 Å². The van der Waals surface area contributed by atoms with Crippen molar-refractivity contribution < 1.29 is 22.7 Å². The molecule has 8 heteroatoms. The SMILES string of the molecule is Cc1ccc(S(=O)(=O)N[C@@H](Cc2cccc3ccccc23)C(=O)OC(=O)[C@@H]2CCCN2)cc1. The molecule has 0 amide bonds. The molecular formula is C25H26N2O5S. The van der Waals surface area contributed by atoms with Crippen molar-refractivity contribution in [2.75, 3.05) is 6.54 Å². The number of hydrogen-bond donors (Lipinski definition) is 2. The zero-order valence-electron chi connectivity index (χ0n) is 18.3. The van der Waals surface area contributed by atoms with Crippen molar-refractivity contribution in [3.8, 4) is 0 Å². The first kappa shape index (κ1) is 23.1. The van der Waals surface area contributed by atoms with Gasteiger partial charge in [-0.05, 0) is 54.8 Å². The van der Waals surface area contributed by atoms with E-state index in [1.54, 1.807) is 12.1 Å². The Morgan fingerprint density at radius 3 is 2.52 bits per heavy atom. The van der Waals surface area contributed by atoms with E-state index in [0.29, 0.717) is 13.0 Å². The van der Waals surface area contributed by atoms with Gasteiger partial charge in [-0.15, -0.1) is 0 Å². The molecule has 0 aliphatic carbocycles. The monoisotopic (exact) mass is 466 g/mol. The lowest BCUT2D eigenvalue weighted by molar-refractivity contribution is -0.162. The summed E-state index contributed by atoms with van der Waals surface area (Å²) in [6, 6.07) is 17.8. The van der Waals surface area contributed by atoms with E-state index < -0.39 is 34.0 Å². The van der Waals surface area contributed by atoms with Crippen LogP contribution >= 0.6 is 0 Å². The summed E-state index contributed by atoms with van der Waals surface area (Å²) in [6.45, 7) is 2.53. The molecule has 0 unspecified atom stereocenters. The number of carbonyl (C=O) groups is 2. The summed E-state index contributed by atoms with van der Waals surface area (Å²) < 4.78 is 33.7. The number of fused-ring (bicyclic) bond motifs is 1. The Hall–Kier alpha value is -3.07. The van der Waals surface area contributed by atoms with Crippen molar-refractivity contribution in [1.82, 2.24) is 10.0 Å². The standard InChI is InChI=1S/C25H26N2O5S/c1-17-11-13-20(14-12-17)33(30,31)27-23(25(29)32-24(28)22-10-5-15-26-22)16-19-8-4-7-18-6-2-3-9-21(18)19/h2-4,6-9,11-14,22-23,26-27H,5,10,15-16H2,1H3/t22-,23-/m0/s1. The number of sulfonamides is 1. The van der Waals surface area contributed by atoms with Crippen LogP contribution in [-0.4, -0.2) is 39.0 Å². The number of esters is 2. The van der Waals surface area contributed by atoms with E-state index in [1.807, 2.05) is 49.4 Å². The van der Waals surface area contributed by atoms with E-state index in [9.17, 15) is 18.0 Å². The fourth-order valence-corrected chi connectivity index (χ4v) is 5.15. The molecule has 0 aromatic heterocycles. The van der Waals surface area contributed by atoms with E-state index in [4.69, 9.17) is 4.74 Å². The average molecular weight is 467 g/mol. The minimum absolute atomic E-state index is 0.0348. The lowest BCUT2D eigenvalue weighted by atomic mass is 9.99. The second-order valence-corrected chi connectivity index (χ2v) is 9.93. The third-order valence-electron chi connectivity index (χ3n) is 5.76. The van der Waals surface area contributed by atoms with Gasteiger partial charge in [0.1, 0.15) is 12.1 Å². The summed E-state index contributed by atoms with van der Waals surface area (Å²) in [4.78, 5) is 25.5. The van der Waals surface area contributed by atoms with Gasteiger partial charge in [0.05, 0.1) is 4.90 Å². The fourth-order valence-electron chi connectivity index (χ4n) is 3.96. The Morgan fingerprint density at radius 2 is 1.79 bits per heavy atom. The molecule has 3 aromatic carbocycles. The molecule has 7 nitrogen and oxygen atoms in total. The Labute approximate surface area is 193 Å². The van der Waals surface area contributed by atoms with Crippen LogP contribution in [0.4, 0.5) is 0 Å². The number of carbonyl (C=O) groups excluding carboxylic acids is 2. The molecule has 0 saturated carbocycles. The lowest BCUT2D eigenvalue weighted by Gasteiger charge is -2.19. The van der Waals surface area contributed by atoms with E-state index in [-0.39, 0.29) is 11.3 Å². The van der Waals surface area contributed by atoms with Crippen LogP contribution in [0, 0.1) is 6.92 Å². The van der Waals surface area contributed by atoms with Crippen molar-refractivity contribution in [2.45, 2.75) is 43.2 Å². The van der Waals surface area contributed by atoms with Gasteiger partial charge in [-0.25, -0.2) is 18.0 Å². The van der Waals surface area contributed by atoms with Gasteiger partial charge >= 0.3 is 11.9 Å². The van der Waals surface area contributed by atoms with Crippen molar-refractivity contribution in [3.63, 3.8) is 0 Å². The predicted molar refractivity (Wildman–Crippen MR) is 125 cm³/mol. The predicted octanol–water partition coefficient (Wildman–Crippen LogP) is 2.86. The maximum absolute atomic E-state index is 13.0. The lowest BCUT2D eigenvalue weighted by Crippen LogP contribution is -2.45. The van der Waals surface area contributed by atoms with Crippen LogP contribution in [0.2, 0.25) is 0 Å². The highest BCUT2D eigenvalue weighted by atomic mass is 32.2. The third-order valence-corrected chi connectivity index (χ3v) is 7.25. The second-order valence-electron chi connectivity index (χ2n) is 8.22. The molecule has 4 rings (SSSR count). The number of nitrogens with one attached hydrogen (secondary N) is 2. The van der Waals surface area contributed by atoms with Gasteiger partial charge in [-0.3, -0.25) is 0 Å². The van der Waals surface area contributed by atoms with Crippen LogP contribution in [0.3, 0.4) is 0 Å².